The number of ether oxygens (including phenoxy) is 3. The van der Waals surface area contributed by atoms with Crippen molar-refractivity contribution in [1.82, 2.24) is 5.32 Å². The Morgan fingerprint density at radius 3 is 2.79 bits per heavy atom. The minimum Gasteiger partial charge on any atom is -0.379 e. The summed E-state index contributed by atoms with van der Waals surface area (Å²) < 4.78 is 16.3. The monoisotopic (exact) mass is 203 g/mol. The SMILES string of the molecule is CCOCCOCC1CNCC(C)O1. The topological polar surface area (TPSA) is 39.7 Å². The Morgan fingerprint density at radius 1 is 1.29 bits per heavy atom. The molecule has 0 aromatic carbocycles. The van der Waals surface area contributed by atoms with Crippen LogP contribution in [0.4, 0.5) is 0 Å². The van der Waals surface area contributed by atoms with Crippen molar-refractivity contribution in [2.45, 2.75) is 26.1 Å². The Balaban J connectivity index is 1.95. The number of rotatable bonds is 6. The fraction of sp³-hybridized carbons (Fsp3) is 1.00. The van der Waals surface area contributed by atoms with E-state index in [1.165, 1.54) is 0 Å². The highest BCUT2D eigenvalue weighted by atomic mass is 16.6. The maximum atomic E-state index is 5.66. The average Bonchev–Trinajstić information content (AvgIpc) is 2.18. The molecule has 1 heterocycles. The lowest BCUT2D eigenvalue weighted by molar-refractivity contribution is -0.0743. The lowest BCUT2D eigenvalue weighted by Gasteiger charge is -2.28. The van der Waals surface area contributed by atoms with E-state index in [4.69, 9.17) is 14.2 Å². The first-order valence-electron chi connectivity index (χ1n) is 5.34. The van der Waals surface area contributed by atoms with Gasteiger partial charge in [-0.15, -0.1) is 0 Å². The summed E-state index contributed by atoms with van der Waals surface area (Å²) in [6.07, 6.45) is 0.490. The molecule has 4 nitrogen and oxygen atoms in total. The van der Waals surface area contributed by atoms with Gasteiger partial charge in [-0.3, -0.25) is 0 Å². The summed E-state index contributed by atoms with van der Waals surface area (Å²) in [7, 11) is 0. The van der Waals surface area contributed by atoms with E-state index in [1.807, 2.05) is 6.92 Å². The molecule has 0 radical (unpaired) electrons. The van der Waals surface area contributed by atoms with Crippen LogP contribution < -0.4 is 5.32 Å². The molecule has 0 saturated carbocycles. The summed E-state index contributed by atoms with van der Waals surface area (Å²) in [5.41, 5.74) is 0. The van der Waals surface area contributed by atoms with E-state index in [-0.39, 0.29) is 6.10 Å². The van der Waals surface area contributed by atoms with E-state index in [9.17, 15) is 0 Å². The van der Waals surface area contributed by atoms with E-state index in [0.29, 0.717) is 25.9 Å². The van der Waals surface area contributed by atoms with Crippen LogP contribution in [0.3, 0.4) is 0 Å². The lowest BCUT2D eigenvalue weighted by Crippen LogP contribution is -2.45. The summed E-state index contributed by atoms with van der Waals surface area (Å²) in [5.74, 6) is 0. The molecule has 1 N–H and O–H groups in total. The van der Waals surface area contributed by atoms with Gasteiger partial charge in [-0.05, 0) is 13.8 Å². The molecule has 1 saturated heterocycles. The Hall–Kier alpha value is -0.160. The molecule has 2 atom stereocenters. The highest BCUT2D eigenvalue weighted by Gasteiger charge is 2.18. The largest absolute Gasteiger partial charge is 0.379 e. The molecule has 2 unspecified atom stereocenters. The third kappa shape index (κ3) is 4.91. The van der Waals surface area contributed by atoms with Crippen LogP contribution in [0.25, 0.3) is 0 Å². The number of nitrogens with one attached hydrogen (secondary N) is 1. The second-order valence-electron chi connectivity index (χ2n) is 3.50. The Kier molecular flexibility index (Phi) is 6.10. The molecule has 0 bridgehead atoms. The summed E-state index contributed by atoms with van der Waals surface area (Å²) >= 11 is 0. The highest BCUT2D eigenvalue weighted by Crippen LogP contribution is 2.03. The van der Waals surface area contributed by atoms with Crippen molar-refractivity contribution in [3.05, 3.63) is 0 Å². The summed E-state index contributed by atoms with van der Waals surface area (Å²) in [6.45, 7) is 8.62. The van der Waals surface area contributed by atoms with Crippen molar-refractivity contribution in [3.8, 4) is 0 Å². The Morgan fingerprint density at radius 2 is 2.07 bits per heavy atom. The van der Waals surface area contributed by atoms with E-state index in [2.05, 4.69) is 12.2 Å². The first-order chi connectivity index (χ1) is 6.83. The molecule has 1 fully saturated rings. The fourth-order valence-corrected chi connectivity index (χ4v) is 1.45. The quantitative estimate of drug-likeness (QED) is 0.635. The van der Waals surface area contributed by atoms with Gasteiger partial charge in [-0.2, -0.15) is 0 Å². The van der Waals surface area contributed by atoms with Gasteiger partial charge in [0.05, 0.1) is 32.0 Å². The summed E-state index contributed by atoms with van der Waals surface area (Å²) in [4.78, 5) is 0. The Bertz CT molecular complexity index is 143. The van der Waals surface area contributed by atoms with Gasteiger partial charge in [0, 0.05) is 19.7 Å². The highest BCUT2D eigenvalue weighted by molar-refractivity contribution is 4.71. The fourth-order valence-electron chi connectivity index (χ4n) is 1.45. The van der Waals surface area contributed by atoms with Crippen LogP contribution in [0, 0.1) is 0 Å². The molecule has 0 aromatic rings. The summed E-state index contributed by atoms with van der Waals surface area (Å²) in [6, 6.07) is 0. The molecule has 84 valence electrons. The van der Waals surface area contributed by atoms with Crippen LogP contribution in [0.15, 0.2) is 0 Å². The van der Waals surface area contributed by atoms with E-state index in [0.717, 1.165) is 19.7 Å². The molecule has 14 heavy (non-hydrogen) atoms. The normalized spacial score (nSPS) is 27.9. The molecule has 0 aromatic heterocycles. The molecule has 0 aliphatic carbocycles. The van der Waals surface area contributed by atoms with Crippen molar-refractivity contribution >= 4 is 0 Å². The van der Waals surface area contributed by atoms with Gasteiger partial charge >= 0.3 is 0 Å². The van der Waals surface area contributed by atoms with Crippen LogP contribution in [-0.2, 0) is 14.2 Å². The third-order valence-electron chi connectivity index (χ3n) is 2.11. The van der Waals surface area contributed by atoms with E-state index < -0.39 is 0 Å². The Labute approximate surface area is 85.9 Å². The van der Waals surface area contributed by atoms with E-state index >= 15 is 0 Å². The maximum absolute atomic E-state index is 5.66. The smallest absolute Gasteiger partial charge is 0.0936 e. The minimum atomic E-state index is 0.195. The lowest BCUT2D eigenvalue weighted by atomic mass is 10.2. The van der Waals surface area contributed by atoms with Gasteiger partial charge in [0.15, 0.2) is 0 Å². The van der Waals surface area contributed by atoms with Gasteiger partial charge in [-0.1, -0.05) is 0 Å². The first kappa shape index (κ1) is 11.9. The summed E-state index contributed by atoms with van der Waals surface area (Å²) in [5, 5.41) is 3.30. The molecule has 0 spiro atoms. The number of hydrogen-bond acceptors (Lipinski definition) is 4. The predicted molar refractivity (Wildman–Crippen MR) is 54.5 cm³/mol. The van der Waals surface area contributed by atoms with Crippen molar-refractivity contribution in [1.29, 1.82) is 0 Å². The standard InChI is InChI=1S/C10H21NO3/c1-3-12-4-5-13-8-10-7-11-6-9(2)14-10/h9-11H,3-8H2,1-2H3. The van der Waals surface area contributed by atoms with Crippen LogP contribution in [-0.4, -0.2) is 51.7 Å². The zero-order valence-corrected chi connectivity index (χ0v) is 9.12. The molecular formula is C10H21NO3. The predicted octanol–water partition coefficient (Wildman–Crippen LogP) is 0.416. The van der Waals surface area contributed by atoms with Crippen LogP contribution in [0.2, 0.25) is 0 Å². The van der Waals surface area contributed by atoms with E-state index in [1.54, 1.807) is 0 Å². The van der Waals surface area contributed by atoms with Crippen molar-refractivity contribution in [2.24, 2.45) is 0 Å². The molecule has 4 heteroatoms. The molecule has 0 amide bonds. The molecular weight excluding hydrogens is 182 g/mol. The molecule has 1 aliphatic heterocycles. The van der Waals surface area contributed by atoms with Crippen LogP contribution >= 0.6 is 0 Å². The van der Waals surface area contributed by atoms with Crippen LogP contribution in [0.1, 0.15) is 13.8 Å². The molecule has 1 rings (SSSR count). The zero-order valence-electron chi connectivity index (χ0n) is 9.12. The second kappa shape index (κ2) is 7.17. The van der Waals surface area contributed by atoms with Crippen molar-refractivity contribution < 1.29 is 14.2 Å². The first-order valence-corrected chi connectivity index (χ1v) is 5.34. The van der Waals surface area contributed by atoms with Gasteiger partial charge < -0.3 is 19.5 Å². The van der Waals surface area contributed by atoms with Gasteiger partial charge in [0.2, 0.25) is 0 Å². The molecule has 1 aliphatic rings. The van der Waals surface area contributed by atoms with Gasteiger partial charge in [0.25, 0.3) is 0 Å². The third-order valence-corrected chi connectivity index (χ3v) is 2.11. The second-order valence-corrected chi connectivity index (χ2v) is 3.50. The van der Waals surface area contributed by atoms with Crippen molar-refractivity contribution in [3.63, 3.8) is 0 Å². The average molecular weight is 203 g/mol. The van der Waals surface area contributed by atoms with Crippen molar-refractivity contribution in [2.75, 3.05) is 39.5 Å². The minimum absolute atomic E-state index is 0.195. The van der Waals surface area contributed by atoms with Gasteiger partial charge in [-0.25, -0.2) is 0 Å². The van der Waals surface area contributed by atoms with Crippen LogP contribution in [0.5, 0.6) is 0 Å². The number of morpholine rings is 1. The van der Waals surface area contributed by atoms with Gasteiger partial charge in [0.1, 0.15) is 0 Å². The maximum Gasteiger partial charge on any atom is 0.0936 e. The number of hydrogen-bond donors (Lipinski definition) is 1. The zero-order chi connectivity index (χ0) is 10.2.